The minimum Gasteiger partial charge on any atom is -0.466 e. The Kier molecular flexibility index (Phi) is 9.40. The first-order valence-corrected chi connectivity index (χ1v) is 24.0. The predicted molar refractivity (Wildman–Crippen MR) is 286 cm³/mol. The summed E-state index contributed by atoms with van der Waals surface area (Å²) in [5.74, 6) is 1.69. The molecular formula is C61H62BN3O2. The van der Waals surface area contributed by atoms with Gasteiger partial charge in [-0.3, -0.25) is 0 Å². The van der Waals surface area contributed by atoms with Gasteiger partial charge in [-0.2, -0.15) is 0 Å². The fraction of sp³-hybridized carbons (Fsp3) is 0.279. The third kappa shape index (κ3) is 6.89. The Morgan fingerprint density at radius 1 is 0.537 bits per heavy atom. The van der Waals surface area contributed by atoms with Gasteiger partial charge in [0.05, 0.1) is 22.3 Å². The maximum Gasteiger partial charge on any atom is 0.301 e. The van der Waals surface area contributed by atoms with E-state index in [1.54, 1.807) is 0 Å². The molecule has 0 amide bonds. The Morgan fingerprint density at radius 3 is 1.73 bits per heavy atom. The highest BCUT2D eigenvalue weighted by Gasteiger charge is 2.46. The van der Waals surface area contributed by atoms with Gasteiger partial charge in [0, 0.05) is 50.0 Å². The number of hydrogen-bond donors (Lipinski definition) is 0. The summed E-state index contributed by atoms with van der Waals surface area (Å²) in [6.45, 7) is 29.6. The number of para-hydroxylation sites is 2. The highest BCUT2D eigenvalue weighted by Crippen LogP contribution is 2.51. The van der Waals surface area contributed by atoms with Crippen molar-refractivity contribution < 1.29 is 9.15 Å². The Hall–Kier alpha value is -6.66. The smallest absolute Gasteiger partial charge is 0.301 e. The van der Waals surface area contributed by atoms with E-state index >= 15 is 0 Å². The van der Waals surface area contributed by atoms with Gasteiger partial charge in [0.1, 0.15) is 17.0 Å². The molecule has 4 heterocycles. The van der Waals surface area contributed by atoms with Gasteiger partial charge in [-0.05, 0) is 144 Å². The lowest BCUT2D eigenvalue weighted by molar-refractivity contribution is 0.423. The molecule has 0 saturated carbocycles. The Bertz CT molecular complexity index is 3380. The van der Waals surface area contributed by atoms with Crippen molar-refractivity contribution in [3.8, 4) is 11.5 Å². The van der Waals surface area contributed by atoms with E-state index in [1.807, 2.05) is 6.07 Å². The summed E-state index contributed by atoms with van der Waals surface area (Å²) >= 11 is 0. The number of nitrogens with zero attached hydrogens (tertiary/aromatic N) is 3. The largest absolute Gasteiger partial charge is 0.466 e. The number of aromatic nitrogens is 1. The van der Waals surface area contributed by atoms with E-state index in [2.05, 4.69) is 238 Å². The first kappa shape index (κ1) is 42.9. The molecule has 0 saturated heterocycles. The van der Waals surface area contributed by atoms with E-state index in [-0.39, 0.29) is 28.5 Å². The van der Waals surface area contributed by atoms with Crippen molar-refractivity contribution in [3.63, 3.8) is 0 Å². The normalized spacial score (nSPS) is 13.8. The number of anilines is 6. The summed E-state index contributed by atoms with van der Waals surface area (Å²) in [6, 6.07) is 52.3. The molecule has 0 fully saturated rings. The zero-order valence-corrected chi connectivity index (χ0v) is 41.5. The van der Waals surface area contributed by atoms with Crippen molar-refractivity contribution in [1.82, 2.24) is 4.57 Å². The Labute approximate surface area is 397 Å². The Morgan fingerprint density at radius 2 is 1.12 bits per heavy atom. The highest BCUT2D eigenvalue weighted by molar-refractivity contribution is 6.98. The van der Waals surface area contributed by atoms with Crippen LogP contribution in [0.3, 0.4) is 0 Å². The number of hydrogen-bond acceptors (Lipinski definition) is 4. The van der Waals surface area contributed by atoms with Crippen LogP contribution >= 0.6 is 0 Å². The molecule has 0 N–H and O–H groups in total. The van der Waals surface area contributed by atoms with Gasteiger partial charge >= 0.3 is 6.71 Å². The first-order chi connectivity index (χ1) is 31.7. The van der Waals surface area contributed by atoms with E-state index in [4.69, 9.17) is 9.15 Å². The summed E-state index contributed by atoms with van der Waals surface area (Å²) in [7, 11) is 0. The summed E-state index contributed by atoms with van der Waals surface area (Å²) in [5, 5.41) is 3.44. The number of furan rings is 1. The molecule has 7 aromatic carbocycles. The van der Waals surface area contributed by atoms with Gasteiger partial charge < -0.3 is 23.5 Å². The van der Waals surface area contributed by atoms with Crippen LogP contribution in [0.4, 0.5) is 34.1 Å². The van der Waals surface area contributed by atoms with Crippen molar-refractivity contribution in [2.45, 2.75) is 112 Å². The van der Waals surface area contributed by atoms with Crippen LogP contribution in [0, 0.1) is 6.92 Å². The summed E-state index contributed by atoms with van der Waals surface area (Å²) in [5.41, 5.74) is 17.8. The molecule has 0 atom stereocenters. The second kappa shape index (κ2) is 14.7. The lowest BCUT2D eigenvalue weighted by Gasteiger charge is -2.40. The van der Waals surface area contributed by atoms with Crippen molar-refractivity contribution >= 4 is 90.2 Å². The molecule has 0 radical (unpaired) electrons. The van der Waals surface area contributed by atoms with Crippen LogP contribution in [0.25, 0.3) is 32.8 Å². The second-order valence-electron chi connectivity index (χ2n) is 23.2. The van der Waals surface area contributed by atoms with Crippen LogP contribution in [0.5, 0.6) is 11.5 Å². The average Bonchev–Trinajstić information content (AvgIpc) is 3.81. The SMILES string of the molecule is Cc1cc2c3c(c1)N(c1cc(N(c4ccc(C(C)(C)C)cc4)c4ccc(C(C)(C)C)cc4)c4c5ccccc5n(C(C)(C)C)c4c1)c1ccc(C(C)(C)C)cc1B3c1oc3ccccc3c1O2. The van der Waals surface area contributed by atoms with Crippen molar-refractivity contribution in [2.75, 3.05) is 9.80 Å². The molecule has 6 heteroatoms. The fourth-order valence-corrected chi connectivity index (χ4v) is 10.8. The zero-order chi connectivity index (χ0) is 47.1. The lowest BCUT2D eigenvalue weighted by Crippen LogP contribution is -2.59. The van der Waals surface area contributed by atoms with E-state index in [0.29, 0.717) is 0 Å². The van der Waals surface area contributed by atoms with Crippen molar-refractivity contribution in [3.05, 3.63) is 162 Å². The molecule has 11 rings (SSSR count). The lowest BCUT2D eigenvalue weighted by atomic mass is 9.36. The molecule has 0 aliphatic carbocycles. The van der Waals surface area contributed by atoms with Crippen LogP contribution in [-0.4, -0.2) is 11.3 Å². The van der Waals surface area contributed by atoms with E-state index in [9.17, 15) is 0 Å². The van der Waals surface area contributed by atoms with E-state index in [1.165, 1.54) is 44.0 Å². The van der Waals surface area contributed by atoms with Crippen LogP contribution < -0.4 is 31.1 Å². The number of ether oxygens (including phenoxy) is 1. The van der Waals surface area contributed by atoms with Crippen LogP contribution in [0.1, 0.15) is 105 Å². The molecule has 5 nitrogen and oxygen atoms in total. The van der Waals surface area contributed by atoms with Gasteiger partial charge in [0.25, 0.3) is 0 Å². The van der Waals surface area contributed by atoms with E-state index < -0.39 is 0 Å². The summed E-state index contributed by atoms with van der Waals surface area (Å²) in [4.78, 5) is 5.01. The second-order valence-corrected chi connectivity index (χ2v) is 23.2. The van der Waals surface area contributed by atoms with Gasteiger partial charge in [-0.25, -0.2) is 0 Å². The molecule has 9 aromatic rings. The Balaban J connectivity index is 1.26. The molecule has 2 aromatic heterocycles. The van der Waals surface area contributed by atoms with Crippen LogP contribution in [0.2, 0.25) is 0 Å². The van der Waals surface area contributed by atoms with Crippen LogP contribution in [0.15, 0.2) is 144 Å². The predicted octanol–water partition coefficient (Wildman–Crippen LogP) is 15.4. The zero-order valence-electron chi connectivity index (χ0n) is 41.5. The molecule has 0 unspecified atom stereocenters. The molecule has 2 aliphatic rings. The van der Waals surface area contributed by atoms with Crippen molar-refractivity contribution in [1.29, 1.82) is 0 Å². The van der Waals surface area contributed by atoms with Gasteiger partial charge in [-0.1, -0.05) is 129 Å². The number of aryl methyl sites for hydroxylation is 1. The maximum atomic E-state index is 7.04. The quantitative estimate of drug-likeness (QED) is 0.165. The number of fused-ring (bicyclic) bond motifs is 9. The van der Waals surface area contributed by atoms with Gasteiger partial charge in [-0.15, -0.1) is 0 Å². The number of benzene rings is 7. The van der Waals surface area contributed by atoms with Crippen LogP contribution in [-0.2, 0) is 21.8 Å². The fourth-order valence-electron chi connectivity index (χ4n) is 10.8. The monoisotopic (exact) mass is 879 g/mol. The summed E-state index contributed by atoms with van der Waals surface area (Å²) < 4.78 is 16.5. The average molecular weight is 880 g/mol. The standard InChI is InChI=1S/C61H62BN3O2/c1-37-32-51-55-53(33-37)66-56-45-19-15-17-21-52(45)67-57(56)62(55)46-34-40(60(8,9)10)26-31-48(46)64(51)43-35-49(54-44-18-14-16-20-47(44)65(50(54)36-43)61(11,12)13)63(41-27-22-38(23-28-41)58(2,3)4)42-29-24-39(25-30-42)59(5,6)7/h14-36H,1-13H3. The molecule has 0 bridgehead atoms. The molecule has 0 spiro atoms. The number of rotatable bonds is 4. The van der Waals surface area contributed by atoms with E-state index in [0.717, 1.165) is 73.3 Å². The third-order valence-corrected chi connectivity index (χ3v) is 14.2. The molecule has 2 aliphatic heterocycles. The maximum absolute atomic E-state index is 7.04. The third-order valence-electron chi connectivity index (χ3n) is 14.2. The first-order valence-electron chi connectivity index (χ1n) is 24.0. The van der Waals surface area contributed by atoms with Gasteiger partial charge in [0.15, 0.2) is 5.75 Å². The topological polar surface area (TPSA) is 33.8 Å². The molecular weight excluding hydrogens is 818 g/mol. The highest BCUT2D eigenvalue weighted by atomic mass is 16.5. The minimum atomic E-state index is -0.245. The van der Waals surface area contributed by atoms with Gasteiger partial charge in [0.2, 0.25) is 0 Å². The minimum absolute atomic E-state index is 0.0111. The summed E-state index contributed by atoms with van der Waals surface area (Å²) in [6.07, 6.45) is 0. The molecule has 67 heavy (non-hydrogen) atoms. The van der Waals surface area contributed by atoms with Crippen molar-refractivity contribution in [2.24, 2.45) is 0 Å². The molecule has 336 valence electrons.